The van der Waals surface area contributed by atoms with E-state index in [9.17, 15) is 19.2 Å². The average molecular weight is 434 g/mol. The summed E-state index contributed by atoms with van der Waals surface area (Å²) in [4.78, 5) is 44.1. The summed E-state index contributed by atoms with van der Waals surface area (Å²) in [5.41, 5.74) is 0. The molecule has 0 amide bonds. The van der Waals surface area contributed by atoms with Crippen LogP contribution in [0.4, 0.5) is 0 Å². The first kappa shape index (κ1) is 23.0. The van der Waals surface area contributed by atoms with E-state index in [1.54, 1.807) is 12.1 Å². The summed E-state index contributed by atoms with van der Waals surface area (Å²) in [6, 6.07) is 8.71. The van der Waals surface area contributed by atoms with Crippen molar-refractivity contribution in [1.82, 2.24) is 0 Å². The predicted octanol–water partition coefficient (Wildman–Crippen LogP) is 2.97. The van der Waals surface area contributed by atoms with Gasteiger partial charge in [0.1, 0.15) is 0 Å². The van der Waals surface area contributed by atoms with E-state index < -0.39 is 23.9 Å². The predicted molar refractivity (Wildman–Crippen MR) is 100 cm³/mol. The lowest BCUT2D eigenvalue weighted by Gasteiger charge is -1.94. The molecule has 11 nitrogen and oxygen atoms in total. The highest BCUT2D eigenvalue weighted by molar-refractivity contribution is 5.90. The van der Waals surface area contributed by atoms with E-state index in [1.807, 2.05) is 0 Å². The molecule has 3 rings (SSSR count). The molecule has 0 N–H and O–H groups in total. The van der Waals surface area contributed by atoms with Gasteiger partial charge in [0.15, 0.2) is 11.5 Å². The molecule has 3 heterocycles. The van der Waals surface area contributed by atoms with Gasteiger partial charge in [-0.2, -0.15) is 0 Å². The fourth-order valence-electron chi connectivity index (χ4n) is 2.12. The Balaban J connectivity index is 0.000000233. The van der Waals surface area contributed by atoms with Gasteiger partial charge in [-0.05, 0) is 36.4 Å². The first-order chi connectivity index (χ1) is 14.8. The number of methoxy groups -OCH3 is 4. The quantitative estimate of drug-likeness (QED) is 0.431. The van der Waals surface area contributed by atoms with Crippen LogP contribution in [-0.2, 0) is 18.9 Å². The standard InChI is InChI=1S/C12H10O6.C8H8O5/c1-15-11(13)9-5-3-7(17-9)8-4-6-10(18-8)12(14)16-2;1-11-7(9)5-3-4-6(13-5)8(10)12-2/h3-6H,1-2H3;3-4H,1-2H3. The first-order valence-corrected chi connectivity index (χ1v) is 8.47. The first-order valence-electron chi connectivity index (χ1n) is 8.47. The zero-order valence-corrected chi connectivity index (χ0v) is 17.0. The summed E-state index contributed by atoms with van der Waals surface area (Å²) >= 11 is 0. The maximum absolute atomic E-state index is 11.2. The van der Waals surface area contributed by atoms with Gasteiger partial charge in [-0.3, -0.25) is 0 Å². The van der Waals surface area contributed by atoms with Gasteiger partial charge in [0.05, 0.1) is 28.4 Å². The molecule has 0 saturated heterocycles. The Morgan fingerprint density at radius 2 is 0.742 bits per heavy atom. The average Bonchev–Trinajstić information content (AvgIpc) is 3.56. The molecule has 11 heteroatoms. The van der Waals surface area contributed by atoms with Crippen molar-refractivity contribution in [2.45, 2.75) is 0 Å². The molecule has 0 fully saturated rings. The van der Waals surface area contributed by atoms with E-state index in [1.165, 1.54) is 52.7 Å². The van der Waals surface area contributed by atoms with Gasteiger partial charge < -0.3 is 32.2 Å². The highest BCUT2D eigenvalue weighted by atomic mass is 16.6. The van der Waals surface area contributed by atoms with Gasteiger partial charge >= 0.3 is 23.9 Å². The second-order valence-corrected chi connectivity index (χ2v) is 5.46. The Morgan fingerprint density at radius 1 is 0.484 bits per heavy atom. The van der Waals surface area contributed by atoms with Crippen LogP contribution in [0.2, 0.25) is 0 Å². The van der Waals surface area contributed by atoms with Gasteiger partial charge in [-0.1, -0.05) is 0 Å². The second kappa shape index (κ2) is 10.5. The molecule has 0 atom stereocenters. The van der Waals surface area contributed by atoms with E-state index in [0.717, 1.165) is 0 Å². The summed E-state index contributed by atoms with van der Waals surface area (Å²) in [6.45, 7) is 0. The molecule has 0 unspecified atom stereocenters. The highest BCUT2D eigenvalue weighted by Crippen LogP contribution is 2.25. The van der Waals surface area contributed by atoms with Crippen LogP contribution in [-0.4, -0.2) is 52.3 Å². The number of carbonyl (C=O) groups is 4. The van der Waals surface area contributed by atoms with Crippen molar-refractivity contribution in [2.24, 2.45) is 0 Å². The molecule has 3 aromatic heterocycles. The largest absolute Gasteiger partial charge is 0.463 e. The number of rotatable bonds is 5. The third kappa shape index (κ3) is 5.63. The van der Waals surface area contributed by atoms with Crippen LogP contribution in [0.25, 0.3) is 11.5 Å². The molecule has 0 aliphatic carbocycles. The van der Waals surface area contributed by atoms with E-state index in [4.69, 9.17) is 13.3 Å². The van der Waals surface area contributed by atoms with E-state index in [0.29, 0.717) is 11.5 Å². The Hall–Kier alpha value is -4.28. The molecular formula is C20H18O11. The molecule has 0 aromatic carbocycles. The number of hydrogen-bond acceptors (Lipinski definition) is 11. The fourth-order valence-corrected chi connectivity index (χ4v) is 2.12. The number of furan rings is 3. The lowest BCUT2D eigenvalue weighted by Crippen LogP contribution is -2.00. The van der Waals surface area contributed by atoms with Crippen LogP contribution in [0, 0.1) is 0 Å². The molecule has 31 heavy (non-hydrogen) atoms. The molecule has 0 aliphatic rings. The Labute approximate surface area is 175 Å². The Morgan fingerprint density at radius 3 is 1.03 bits per heavy atom. The van der Waals surface area contributed by atoms with Crippen molar-refractivity contribution in [3.63, 3.8) is 0 Å². The van der Waals surface area contributed by atoms with Gasteiger partial charge in [0, 0.05) is 0 Å². The summed E-state index contributed by atoms with van der Waals surface area (Å²) < 4.78 is 33.1. The fraction of sp³-hybridized carbons (Fsp3) is 0.200. The molecule has 0 bridgehead atoms. The molecule has 164 valence electrons. The number of esters is 4. The second-order valence-electron chi connectivity index (χ2n) is 5.46. The van der Waals surface area contributed by atoms with Gasteiger partial charge in [-0.15, -0.1) is 0 Å². The lowest BCUT2D eigenvalue weighted by atomic mass is 10.3. The summed E-state index contributed by atoms with van der Waals surface area (Å²) in [7, 11) is 4.96. The highest BCUT2D eigenvalue weighted by Gasteiger charge is 2.17. The van der Waals surface area contributed by atoms with Gasteiger partial charge in [0.25, 0.3) is 0 Å². The number of carbonyl (C=O) groups excluding carboxylic acids is 4. The van der Waals surface area contributed by atoms with Gasteiger partial charge in [-0.25, -0.2) is 19.2 Å². The lowest BCUT2D eigenvalue weighted by molar-refractivity contribution is 0.0526. The van der Waals surface area contributed by atoms with Crippen molar-refractivity contribution in [2.75, 3.05) is 28.4 Å². The molecular weight excluding hydrogens is 416 g/mol. The Kier molecular flexibility index (Phi) is 7.78. The smallest absolute Gasteiger partial charge is 0.373 e. The van der Waals surface area contributed by atoms with E-state index >= 15 is 0 Å². The van der Waals surface area contributed by atoms with E-state index in [-0.39, 0.29) is 23.0 Å². The van der Waals surface area contributed by atoms with Crippen LogP contribution in [0.15, 0.2) is 49.6 Å². The number of hydrogen-bond donors (Lipinski definition) is 0. The summed E-state index contributed by atoms with van der Waals surface area (Å²) in [5.74, 6) is -1.71. The molecule has 0 aliphatic heterocycles. The SMILES string of the molecule is COC(=O)c1ccc(-c2ccc(C(=O)OC)o2)o1.COC(=O)c1ccc(C(=O)OC)o1. The molecule has 0 radical (unpaired) electrons. The van der Waals surface area contributed by atoms with Gasteiger partial charge in [0.2, 0.25) is 23.0 Å². The minimum Gasteiger partial charge on any atom is -0.463 e. The van der Waals surface area contributed by atoms with E-state index in [2.05, 4.69) is 18.9 Å². The van der Waals surface area contributed by atoms with Crippen molar-refractivity contribution in [3.05, 3.63) is 59.4 Å². The third-order valence-corrected chi connectivity index (χ3v) is 3.61. The topological polar surface area (TPSA) is 145 Å². The summed E-state index contributed by atoms with van der Waals surface area (Å²) in [5, 5.41) is 0. The zero-order valence-electron chi connectivity index (χ0n) is 17.0. The zero-order chi connectivity index (χ0) is 23.0. The maximum atomic E-state index is 11.2. The normalized spacial score (nSPS) is 9.81. The minimum atomic E-state index is -0.629. The maximum Gasteiger partial charge on any atom is 0.373 e. The van der Waals surface area contributed by atoms with Crippen molar-refractivity contribution < 1.29 is 51.4 Å². The monoisotopic (exact) mass is 434 g/mol. The van der Waals surface area contributed by atoms with Crippen molar-refractivity contribution in [1.29, 1.82) is 0 Å². The van der Waals surface area contributed by atoms with Crippen molar-refractivity contribution >= 4 is 23.9 Å². The molecule has 0 spiro atoms. The minimum absolute atomic E-state index is 0.0251. The van der Waals surface area contributed by atoms with Crippen molar-refractivity contribution in [3.8, 4) is 11.5 Å². The van der Waals surface area contributed by atoms with Crippen LogP contribution in [0.1, 0.15) is 42.2 Å². The number of ether oxygens (including phenoxy) is 4. The Bertz CT molecular complexity index is 984. The third-order valence-electron chi connectivity index (χ3n) is 3.61. The van der Waals surface area contributed by atoms with Crippen LogP contribution in [0.5, 0.6) is 0 Å². The van der Waals surface area contributed by atoms with Crippen LogP contribution in [0.3, 0.4) is 0 Å². The van der Waals surface area contributed by atoms with Crippen LogP contribution >= 0.6 is 0 Å². The molecule has 0 saturated carbocycles. The molecule has 3 aromatic rings. The van der Waals surface area contributed by atoms with Crippen LogP contribution < -0.4 is 0 Å². The summed E-state index contributed by atoms with van der Waals surface area (Å²) in [6.07, 6.45) is 0.